The summed E-state index contributed by atoms with van der Waals surface area (Å²) in [6.07, 6.45) is 1.97. The van der Waals surface area contributed by atoms with Crippen LogP contribution in [0.15, 0.2) is 41.4 Å². The molecule has 210 valence electrons. The number of rotatable bonds is 11. The molecule has 11 heteroatoms. The Balaban J connectivity index is 1.39. The Morgan fingerprint density at radius 1 is 1.21 bits per heavy atom. The lowest BCUT2D eigenvalue weighted by Crippen LogP contribution is -2.45. The molecule has 0 spiro atoms. The summed E-state index contributed by atoms with van der Waals surface area (Å²) < 4.78 is 46.3. The van der Waals surface area contributed by atoms with Gasteiger partial charge in [0.1, 0.15) is 23.2 Å². The van der Waals surface area contributed by atoms with Crippen molar-refractivity contribution >= 4 is 28.6 Å². The number of fused-ring (bicyclic) bond motifs is 1. The minimum atomic E-state index is -0.997. The van der Waals surface area contributed by atoms with E-state index in [1.165, 1.54) is 0 Å². The molecule has 0 aliphatic carbocycles. The zero-order valence-electron chi connectivity index (χ0n) is 21.6. The average Bonchev–Trinajstić information content (AvgIpc) is 2.92. The van der Waals surface area contributed by atoms with Crippen molar-refractivity contribution in [3.63, 3.8) is 0 Å². The zero-order chi connectivity index (χ0) is 28.2. The largest absolute Gasteiger partial charge is 0.497 e. The second-order valence-electron chi connectivity index (χ2n) is 9.81. The van der Waals surface area contributed by atoms with Crippen LogP contribution in [0.2, 0.25) is 0 Å². The van der Waals surface area contributed by atoms with Crippen LogP contribution in [0.25, 0.3) is 10.9 Å². The van der Waals surface area contributed by atoms with Gasteiger partial charge in [0.25, 0.3) is 0 Å². The summed E-state index contributed by atoms with van der Waals surface area (Å²) >= 11 is 0.969. The van der Waals surface area contributed by atoms with Crippen molar-refractivity contribution in [1.82, 2.24) is 9.88 Å². The molecule has 0 unspecified atom stereocenters. The number of carboxylic acids is 1. The number of thioether (sulfide) groups is 1. The van der Waals surface area contributed by atoms with Crippen LogP contribution in [0, 0.1) is 22.9 Å². The summed E-state index contributed by atoms with van der Waals surface area (Å²) in [4.78, 5) is 18.6. The first-order valence-corrected chi connectivity index (χ1v) is 13.7. The second kappa shape index (κ2) is 12.5. The number of nitrogens with two attached hydrogens (primary N) is 1. The maximum absolute atomic E-state index is 13.9. The normalized spacial score (nSPS) is 16.4. The van der Waals surface area contributed by atoms with Crippen LogP contribution in [0.1, 0.15) is 42.9 Å². The molecule has 39 heavy (non-hydrogen) atoms. The van der Waals surface area contributed by atoms with E-state index in [1.807, 2.05) is 0 Å². The SMILES string of the molecule is COc1ccc2ncc(CN)c([C@@H](O)CCC3(C(=O)O)CCN(CCSc4c(F)cc(F)cc4F)CC3)c2c1. The van der Waals surface area contributed by atoms with Gasteiger partial charge in [-0.05, 0) is 68.1 Å². The van der Waals surface area contributed by atoms with Gasteiger partial charge in [0.2, 0.25) is 0 Å². The van der Waals surface area contributed by atoms with Crippen LogP contribution in [0.3, 0.4) is 0 Å². The van der Waals surface area contributed by atoms with E-state index in [-0.39, 0.29) is 24.3 Å². The number of aliphatic carboxylic acids is 1. The van der Waals surface area contributed by atoms with Gasteiger partial charge in [0, 0.05) is 42.6 Å². The Hall–Kier alpha value is -2.86. The van der Waals surface area contributed by atoms with E-state index in [1.54, 1.807) is 31.5 Å². The van der Waals surface area contributed by atoms with Crippen LogP contribution in [-0.2, 0) is 11.3 Å². The predicted octanol–water partition coefficient (Wildman–Crippen LogP) is 4.89. The number of hydrogen-bond acceptors (Lipinski definition) is 7. The van der Waals surface area contributed by atoms with Crippen molar-refractivity contribution in [2.24, 2.45) is 11.1 Å². The first-order chi connectivity index (χ1) is 18.7. The quantitative estimate of drug-likeness (QED) is 0.283. The Morgan fingerprint density at radius 2 is 1.90 bits per heavy atom. The van der Waals surface area contributed by atoms with Gasteiger partial charge in [-0.2, -0.15) is 0 Å². The average molecular weight is 564 g/mol. The van der Waals surface area contributed by atoms with E-state index >= 15 is 0 Å². The molecule has 1 fully saturated rings. The van der Waals surface area contributed by atoms with Crippen LogP contribution in [0.4, 0.5) is 13.2 Å². The summed E-state index contributed by atoms with van der Waals surface area (Å²) in [6.45, 7) is 1.68. The van der Waals surface area contributed by atoms with Crippen molar-refractivity contribution in [3.05, 3.63) is 65.1 Å². The standard InChI is InChI=1S/C28H32F3N3O4S/c1-38-19-2-3-23-20(14-19)25(17(15-32)16-33-23)24(35)4-5-28(27(36)37)6-8-34(9-7-28)10-11-39-26-21(30)12-18(29)13-22(26)31/h2-3,12-14,16,24,35H,4-11,15,32H2,1H3,(H,36,37)/t24-/m0/s1. The van der Waals surface area contributed by atoms with E-state index in [4.69, 9.17) is 10.5 Å². The number of piperidine rings is 1. The van der Waals surface area contributed by atoms with Gasteiger partial charge < -0.3 is 25.6 Å². The highest BCUT2D eigenvalue weighted by Gasteiger charge is 2.41. The van der Waals surface area contributed by atoms with Crippen molar-refractivity contribution in [2.45, 2.75) is 43.2 Å². The molecule has 1 aromatic heterocycles. The molecule has 0 saturated carbocycles. The molecule has 0 bridgehead atoms. The van der Waals surface area contributed by atoms with Crippen LogP contribution in [-0.4, -0.2) is 58.6 Å². The third kappa shape index (κ3) is 6.49. The fourth-order valence-corrected chi connectivity index (χ4v) is 6.14. The molecule has 0 amide bonds. The van der Waals surface area contributed by atoms with Crippen molar-refractivity contribution in [3.8, 4) is 5.75 Å². The third-order valence-corrected chi connectivity index (χ3v) is 8.60. The number of likely N-dealkylation sites (tertiary alicyclic amines) is 1. The lowest BCUT2D eigenvalue weighted by atomic mass is 9.74. The molecule has 3 aromatic rings. The van der Waals surface area contributed by atoms with Crippen LogP contribution in [0.5, 0.6) is 5.75 Å². The number of hydrogen-bond donors (Lipinski definition) is 3. The van der Waals surface area contributed by atoms with E-state index in [2.05, 4.69) is 9.88 Å². The van der Waals surface area contributed by atoms with Crippen LogP contribution < -0.4 is 10.5 Å². The third-order valence-electron chi connectivity index (χ3n) is 7.53. The molecule has 4 rings (SSSR count). The van der Waals surface area contributed by atoms with Crippen LogP contribution >= 0.6 is 11.8 Å². The van der Waals surface area contributed by atoms with Gasteiger partial charge >= 0.3 is 5.97 Å². The number of aliphatic hydroxyl groups is 1. The number of halogens is 3. The minimum absolute atomic E-state index is 0.176. The van der Waals surface area contributed by atoms with Gasteiger partial charge in [-0.25, -0.2) is 13.2 Å². The first kappa shape index (κ1) is 29.1. The van der Waals surface area contributed by atoms with E-state index in [9.17, 15) is 28.2 Å². The smallest absolute Gasteiger partial charge is 0.309 e. The molecule has 1 atom stereocenters. The highest BCUT2D eigenvalue weighted by Crippen LogP contribution is 2.40. The number of pyridine rings is 1. The Morgan fingerprint density at radius 3 is 2.51 bits per heavy atom. The molecular weight excluding hydrogens is 531 g/mol. The Bertz CT molecular complexity index is 1310. The highest BCUT2D eigenvalue weighted by molar-refractivity contribution is 7.99. The van der Waals surface area contributed by atoms with E-state index < -0.39 is 34.9 Å². The van der Waals surface area contributed by atoms with Crippen molar-refractivity contribution in [2.75, 3.05) is 32.5 Å². The van der Waals surface area contributed by atoms with E-state index in [0.717, 1.165) is 17.1 Å². The minimum Gasteiger partial charge on any atom is -0.497 e. The lowest BCUT2D eigenvalue weighted by molar-refractivity contribution is -0.153. The molecule has 1 aliphatic rings. The summed E-state index contributed by atoms with van der Waals surface area (Å²) in [7, 11) is 1.55. The second-order valence-corrected chi connectivity index (χ2v) is 10.9. The number of carboxylic acid groups (broad SMARTS) is 1. The number of aliphatic hydroxyl groups excluding tert-OH is 1. The van der Waals surface area contributed by atoms with Gasteiger partial charge in [-0.1, -0.05) is 0 Å². The summed E-state index contributed by atoms with van der Waals surface area (Å²) in [6, 6.07) is 6.70. The van der Waals surface area contributed by atoms with Gasteiger partial charge in [0.05, 0.1) is 29.0 Å². The van der Waals surface area contributed by atoms with Gasteiger partial charge in [-0.3, -0.25) is 9.78 Å². The molecule has 1 saturated heterocycles. The summed E-state index contributed by atoms with van der Waals surface area (Å²) in [5, 5.41) is 22.1. The number of aromatic nitrogens is 1. The zero-order valence-corrected chi connectivity index (χ0v) is 22.4. The number of nitrogens with zero attached hydrogens (tertiary/aromatic N) is 2. The topological polar surface area (TPSA) is 109 Å². The molecule has 1 aliphatic heterocycles. The fraction of sp³-hybridized carbons (Fsp3) is 0.429. The summed E-state index contributed by atoms with van der Waals surface area (Å²) in [5.41, 5.74) is 6.95. The van der Waals surface area contributed by atoms with Gasteiger partial charge in [0.15, 0.2) is 0 Å². The Kier molecular flexibility index (Phi) is 9.37. The molecule has 4 N–H and O–H groups in total. The monoisotopic (exact) mass is 563 g/mol. The van der Waals surface area contributed by atoms with Crippen molar-refractivity contribution in [1.29, 1.82) is 0 Å². The molecule has 0 radical (unpaired) electrons. The number of benzene rings is 2. The summed E-state index contributed by atoms with van der Waals surface area (Å²) in [5.74, 6) is -2.74. The maximum atomic E-state index is 13.9. The van der Waals surface area contributed by atoms with Crippen molar-refractivity contribution < 1.29 is 32.9 Å². The molecular formula is C28H32F3N3O4S. The lowest BCUT2D eigenvalue weighted by Gasteiger charge is -2.39. The molecule has 2 heterocycles. The van der Waals surface area contributed by atoms with E-state index in [0.29, 0.717) is 72.8 Å². The number of ether oxygens (including phenoxy) is 1. The Labute approximate surface area is 229 Å². The van der Waals surface area contributed by atoms with Gasteiger partial charge in [-0.15, -0.1) is 11.8 Å². The number of methoxy groups -OCH3 is 1. The maximum Gasteiger partial charge on any atom is 0.309 e. The molecule has 2 aromatic carbocycles. The predicted molar refractivity (Wildman–Crippen MR) is 143 cm³/mol. The number of carbonyl (C=O) groups is 1. The first-order valence-electron chi connectivity index (χ1n) is 12.7. The highest BCUT2D eigenvalue weighted by atomic mass is 32.2. The fourth-order valence-electron chi connectivity index (χ4n) is 5.19. The molecule has 7 nitrogen and oxygen atoms in total.